The van der Waals surface area contributed by atoms with E-state index in [4.69, 9.17) is 0 Å². The number of nitrogens with zero attached hydrogens (tertiary/aromatic N) is 1. The van der Waals surface area contributed by atoms with Crippen molar-refractivity contribution in [2.24, 2.45) is 5.92 Å². The summed E-state index contributed by atoms with van der Waals surface area (Å²) in [6.07, 6.45) is 0.963. The molecule has 0 radical (unpaired) electrons. The fraction of sp³-hybridized carbons (Fsp3) is 0.600. The Morgan fingerprint density at radius 3 is 2.94 bits per heavy atom. The molecule has 1 aromatic rings. The average Bonchev–Trinajstić information content (AvgIpc) is 2.59. The summed E-state index contributed by atoms with van der Waals surface area (Å²) in [5, 5.41) is 9.12. The number of amides is 1. The van der Waals surface area contributed by atoms with Crippen molar-refractivity contribution in [3.8, 4) is 0 Å². The topological polar surface area (TPSA) is 54.0 Å². The molecule has 1 amide bonds. The summed E-state index contributed by atoms with van der Waals surface area (Å²) in [5.41, 5.74) is 0.970. The molecule has 2 heterocycles. The Bertz CT molecular complexity index is 352. The van der Waals surface area contributed by atoms with Gasteiger partial charge in [-0.05, 0) is 6.42 Å². The van der Waals surface area contributed by atoms with E-state index in [1.165, 1.54) is 0 Å². The van der Waals surface area contributed by atoms with Crippen molar-refractivity contribution in [2.45, 2.75) is 19.9 Å². The van der Waals surface area contributed by atoms with Crippen LogP contribution in [0.25, 0.3) is 0 Å². The molecule has 1 saturated heterocycles. The van der Waals surface area contributed by atoms with Gasteiger partial charge in [0.2, 0.25) is 5.91 Å². The molecule has 1 fully saturated rings. The van der Waals surface area contributed by atoms with Gasteiger partial charge in [0.1, 0.15) is 0 Å². The number of hydrogen-bond acceptors (Lipinski definition) is 4. The molecule has 0 saturated carbocycles. The zero-order valence-electron chi connectivity index (χ0n) is 9.16. The van der Waals surface area contributed by atoms with Gasteiger partial charge in [0.05, 0.1) is 23.2 Å². The summed E-state index contributed by atoms with van der Waals surface area (Å²) in [6.45, 7) is 4.26. The molecule has 16 heavy (non-hydrogen) atoms. The zero-order valence-corrected chi connectivity index (χ0v) is 10.8. The first kappa shape index (κ1) is 13.4. The van der Waals surface area contributed by atoms with Gasteiger partial charge >= 0.3 is 0 Å². The van der Waals surface area contributed by atoms with Crippen LogP contribution in [0, 0.1) is 5.92 Å². The highest BCUT2D eigenvalue weighted by Crippen LogP contribution is 2.10. The number of rotatable bonds is 4. The minimum absolute atomic E-state index is 0. The molecule has 0 atom stereocenters. The van der Waals surface area contributed by atoms with Gasteiger partial charge in [-0.3, -0.25) is 4.79 Å². The molecule has 4 nitrogen and oxygen atoms in total. The Hall–Kier alpha value is -0.650. The van der Waals surface area contributed by atoms with Crippen molar-refractivity contribution < 1.29 is 4.79 Å². The molecule has 0 spiro atoms. The van der Waals surface area contributed by atoms with Crippen LogP contribution in [0.4, 0.5) is 0 Å². The monoisotopic (exact) mass is 261 g/mol. The maximum Gasteiger partial charge on any atom is 0.226 e. The van der Waals surface area contributed by atoms with Crippen LogP contribution in [-0.4, -0.2) is 24.0 Å². The molecule has 1 aromatic heterocycles. The first-order valence-electron chi connectivity index (χ1n) is 5.21. The lowest BCUT2D eigenvalue weighted by atomic mass is 10.0. The fourth-order valence-corrected chi connectivity index (χ4v) is 2.13. The first-order chi connectivity index (χ1) is 7.29. The number of hydrogen-bond donors (Lipinski definition) is 2. The molecular formula is C10H16ClN3OS. The number of aryl methyl sites for hydroxylation is 1. The number of halogens is 1. The van der Waals surface area contributed by atoms with E-state index in [1.54, 1.807) is 11.3 Å². The Morgan fingerprint density at radius 2 is 2.44 bits per heavy atom. The van der Waals surface area contributed by atoms with Crippen LogP contribution in [0.2, 0.25) is 0 Å². The van der Waals surface area contributed by atoms with Crippen LogP contribution in [0.15, 0.2) is 5.38 Å². The minimum Gasteiger partial charge on any atom is -0.350 e. The van der Waals surface area contributed by atoms with Gasteiger partial charge < -0.3 is 10.6 Å². The standard InChI is InChI=1S/C10H15N3OS.ClH/c1-2-9-13-8(6-15-9)5-12-10(14)7-3-11-4-7;/h6-7,11H,2-5H2,1H3,(H,12,14);1H. The van der Waals surface area contributed by atoms with Gasteiger partial charge in [0.15, 0.2) is 0 Å². The van der Waals surface area contributed by atoms with E-state index in [2.05, 4.69) is 22.5 Å². The zero-order chi connectivity index (χ0) is 10.7. The van der Waals surface area contributed by atoms with Crippen LogP contribution in [0.3, 0.4) is 0 Å². The normalized spacial score (nSPS) is 15.1. The van der Waals surface area contributed by atoms with Crippen molar-refractivity contribution in [2.75, 3.05) is 13.1 Å². The Morgan fingerprint density at radius 1 is 1.69 bits per heavy atom. The van der Waals surface area contributed by atoms with Gasteiger partial charge in [0, 0.05) is 18.5 Å². The molecule has 2 rings (SSSR count). The van der Waals surface area contributed by atoms with Crippen molar-refractivity contribution in [3.63, 3.8) is 0 Å². The quantitative estimate of drug-likeness (QED) is 0.849. The maximum atomic E-state index is 11.5. The molecule has 6 heteroatoms. The summed E-state index contributed by atoms with van der Waals surface area (Å²) >= 11 is 1.65. The van der Waals surface area contributed by atoms with E-state index >= 15 is 0 Å². The molecule has 0 aliphatic carbocycles. The lowest BCUT2D eigenvalue weighted by molar-refractivity contribution is -0.126. The number of thiazole rings is 1. The van der Waals surface area contributed by atoms with Crippen LogP contribution in [0.1, 0.15) is 17.6 Å². The summed E-state index contributed by atoms with van der Waals surface area (Å²) in [7, 11) is 0. The Kier molecular flexibility index (Phi) is 5.18. The summed E-state index contributed by atoms with van der Waals surface area (Å²) in [4.78, 5) is 15.9. The SMILES string of the molecule is CCc1nc(CNC(=O)C2CNC2)cs1.Cl. The Balaban J connectivity index is 0.00000128. The maximum absolute atomic E-state index is 11.5. The summed E-state index contributed by atoms with van der Waals surface area (Å²) < 4.78 is 0. The Labute approximate surface area is 105 Å². The fourth-order valence-electron chi connectivity index (χ4n) is 1.39. The highest BCUT2D eigenvalue weighted by atomic mass is 35.5. The molecule has 1 aliphatic heterocycles. The van der Waals surface area contributed by atoms with Gasteiger partial charge in [0.25, 0.3) is 0 Å². The molecule has 0 aromatic carbocycles. The number of carbonyl (C=O) groups excluding carboxylic acids is 1. The van der Waals surface area contributed by atoms with Gasteiger partial charge in [-0.1, -0.05) is 6.92 Å². The lowest BCUT2D eigenvalue weighted by Crippen LogP contribution is -2.50. The van der Waals surface area contributed by atoms with Crippen LogP contribution < -0.4 is 10.6 Å². The summed E-state index contributed by atoms with van der Waals surface area (Å²) in [5.74, 6) is 0.300. The molecule has 0 bridgehead atoms. The van der Waals surface area contributed by atoms with Gasteiger partial charge in [-0.15, -0.1) is 23.7 Å². The second-order valence-electron chi connectivity index (χ2n) is 3.66. The van der Waals surface area contributed by atoms with Crippen molar-refractivity contribution in [1.82, 2.24) is 15.6 Å². The number of nitrogens with one attached hydrogen (secondary N) is 2. The van der Waals surface area contributed by atoms with Crippen molar-refractivity contribution in [3.05, 3.63) is 16.1 Å². The van der Waals surface area contributed by atoms with Crippen molar-refractivity contribution in [1.29, 1.82) is 0 Å². The second-order valence-corrected chi connectivity index (χ2v) is 4.60. The second kappa shape index (κ2) is 6.18. The number of carbonyl (C=O) groups is 1. The largest absolute Gasteiger partial charge is 0.350 e. The van der Waals surface area contributed by atoms with Crippen molar-refractivity contribution >= 4 is 29.7 Å². The van der Waals surface area contributed by atoms with E-state index < -0.39 is 0 Å². The highest BCUT2D eigenvalue weighted by Gasteiger charge is 2.24. The van der Waals surface area contributed by atoms with E-state index in [9.17, 15) is 4.79 Å². The third-order valence-corrected chi connectivity index (χ3v) is 3.54. The third kappa shape index (κ3) is 3.17. The van der Waals surface area contributed by atoms with E-state index in [0.29, 0.717) is 6.54 Å². The van der Waals surface area contributed by atoms with Crippen LogP contribution in [-0.2, 0) is 17.8 Å². The lowest BCUT2D eigenvalue weighted by Gasteiger charge is -2.25. The van der Waals surface area contributed by atoms with E-state index in [1.807, 2.05) is 5.38 Å². The van der Waals surface area contributed by atoms with E-state index in [-0.39, 0.29) is 24.2 Å². The summed E-state index contributed by atoms with van der Waals surface area (Å²) in [6, 6.07) is 0. The smallest absolute Gasteiger partial charge is 0.226 e. The predicted molar refractivity (Wildman–Crippen MR) is 66.9 cm³/mol. The first-order valence-corrected chi connectivity index (χ1v) is 6.09. The highest BCUT2D eigenvalue weighted by molar-refractivity contribution is 7.09. The predicted octanol–water partition coefficient (Wildman–Crippen LogP) is 0.963. The average molecular weight is 262 g/mol. The van der Waals surface area contributed by atoms with Gasteiger partial charge in [-0.25, -0.2) is 4.98 Å². The molecule has 0 unspecified atom stereocenters. The number of aromatic nitrogens is 1. The molecular weight excluding hydrogens is 246 g/mol. The molecule has 1 aliphatic rings. The minimum atomic E-state index is 0. The van der Waals surface area contributed by atoms with Gasteiger partial charge in [-0.2, -0.15) is 0 Å². The third-order valence-electron chi connectivity index (χ3n) is 2.50. The van der Waals surface area contributed by atoms with Crippen LogP contribution in [0.5, 0.6) is 0 Å². The van der Waals surface area contributed by atoms with E-state index in [0.717, 1.165) is 30.2 Å². The van der Waals surface area contributed by atoms with Crippen LogP contribution >= 0.6 is 23.7 Å². The molecule has 2 N–H and O–H groups in total. The molecule has 90 valence electrons.